The molecular weight excluding hydrogens is 288 g/mol. The Morgan fingerprint density at radius 2 is 1.96 bits per heavy atom. The maximum Gasteiger partial charge on any atom is 0.148 e. The van der Waals surface area contributed by atoms with Gasteiger partial charge in [0.2, 0.25) is 0 Å². The van der Waals surface area contributed by atoms with Gasteiger partial charge in [-0.2, -0.15) is 5.10 Å². The normalized spacial score (nSPS) is 10.7. The van der Waals surface area contributed by atoms with Crippen molar-refractivity contribution in [2.24, 2.45) is 0 Å². The van der Waals surface area contributed by atoms with E-state index in [1.54, 1.807) is 7.11 Å². The number of rotatable bonds is 7. The molecule has 0 spiro atoms. The van der Waals surface area contributed by atoms with Crippen LogP contribution in [0.3, 0.4) is 0 Å². The van der Waals surface area contributed by atoms with E-state index in [9.17, 15) is 0 Å². The molecule has 2 aromatic heterocycles. The average molecular weight is 308 g/mol. The van der Waals surface area contributed by atoms with E-state index >= 15 is 0 Å². The Balaban J connectivity index is 1.63. The lowest BCUT2D eigenvalue weighted by Crippen LogP contribution is -2.06. The Hall–Kier alpha value is -2.66. The fourth-order valence-electron chi connectivity index (χ4n) is 2.36. The van der Waals surface area contributed by atoms with Crippen molar-refractivity contribution in [2.45, 2.75) is 13.1 Å². The van der Waals surface area contributed by atoms with Crippen LogP contribution in [0.25, 0.3) is 11.1 Å². The van der Waals surface area contributed by atoms with Crippen molar-refractivity contribution < 1.29 is 4.74 Å². The predicted molar refractivity (Wildman–Crippen MR) is 91.1 cm³/mol. The molecule has 0 aliphatic carbocycles. The number of aromatic nitrogens is 3. The second-order valence-electron chi connectivity index (χ2n) is 5.25. The largest absolute Gasteiger partial charge is 0.383 e. The molecule has 0 fully saturated rings. The van der Waals surface area contributed by atoms with Gasteiger partial charge < -0.3 is 10.1 Å². The summed E-state index contributed by atoms with van der Waals surface area (Å²) >= 11 is 0. The van der Waals surface area contributed by atoms with E-state index in [0.29, 0.717) is 6.61 Å². The minimum Gasteiger partial charge on any atom is -0.383 e. The summed E-state index contributed by atoms with van der Waals surface area (Å²) in [6, 6.07) is 14.5. The third kappa shape index (κ3) is 4.17. The van der Waals surface area contributed by atoms with Gasteiger partial charge in [-0.05, 0) is 34.9 Å². The Labute approximate surface area is 135 Å². The zero-order valence-electron chi connectivity index (χ0n) is 13.1. The zero-order chi connectivity index (χ0) is 15.9. The Morgan fingerprint density at radius 3 is 2.78 bits per heavy atom. The summed E-state index contributed by atoms with van der Waals surface area (Å²) < 4.78 is 6.93. The van der Waals surface area contributed by atoms with E-state index in [0.717, 1.165) is 18.9 Å². The van der Waals surface area contributed by atoms with Crippen molar-refractivity contribution in [3.8, 4) is 11.1 Å². The second kappa shape index (κ2) is 7.56. The molecule has 1 N–H and O–H groups in total. The van der Waals surface area contributed by atoms with E-state index < -0.39 is 0 Å². The van der Waals surface area contributed by atoms with Crippen LogP contribution in [0, 0.1) is 0 Å². The first-order valence-corrected chi connectivity index (χ1v) is 7.61. The summed E-state index contributed by atoms with van der Waals surface area (Å²) in [5.74, 6) is 0.871. The van der Waals surface area contributed by atoms with E-state index in [-0.39, 0.29) is 0 Å². The summed E-state index contributed by atoms with van der Waals surface area (Å²) in [6.45, 7) is 2.16. The Bertz CT molecular complexity index is 740. The highest BCUT2D eigenvalue weighted by Crippen LogP contribution is 2.19. The van der Waals surface area contributed by atoms with E-state index in [1.807, 2.05) is 41.5 Å². The van der Waals surface area contributed by atoms with Crippen LogP contribution < -0.4 is 5.32 Å². The molecule has 5 nitrogen and oxygen atoms in total. The van der Waals surface area contributed by atoms with Gasteiger partial charge in [-0.25, -0.2) is 0 Å². The highest BCUT2D eigenvalue weighted by Gasteiger charge is 2.01. The van der Waals surface area contributed by atoms with Crippen molar-refractivity contribution in [3.63, 3.8) is 0 Å². The van der Waals surface area contributed by atoms with Crippen molar-refractivity contribution in [3.05, 3.63) is 66.6 Å². The monoisotopic (exact) mass is 308 g/mol. The van der Waals surface area contributed by atoms with Crippen LogP contribution in [0.5, 0.6) is 0 Å². The molecule has 1 aromatic carbocycles. The quantitative estimate of drug-likeness (QED) is 0.728. The lowest BCUT2D eigenvalue weighted by molar-refractivity contribution is 0.183. The molecule has 0 unspecified atom stereocenters. The van der Waals surface area contributed by atoms with Crippen molar-refractivity contribution in [1.82, 2.24) is 14.8 Å². The number of ether oxygens (including phenoxy) is 1. The summed E-state index contributed by atoms with van der Waals surface area (Å²) in [5.41, 5.74) is 3.58. The van der Waals surface area contributed by atoms with E-state index in [1.165, 1.54) is 16.7 Å². The number of hydrogen-bond acceptors (Lipinski definition) is 4. The predicted octanol–water partition coefficient (Wildman–Crippen LogP) is 3.20. The summed E-state index contributed by atoms with van der Waals surface area (Å²) in [6.07, 6.45) is 5.58. The van der Waals surface area contributed by atoms with Gasteiger partial charge in [0.15, 0.2) is 0 Å². The summed E-state index contributed by atoms with van der Waals surface area (Å²) in [5, 5.41) is 7.81. The smallest absolute Gasteiger partial charge is 0.148 e. The molecule has 5 heteroatoms. The van der Waals surface area contributed by atoms with E-state index in [2.05, 4.69) is 39.7 Å². The molecule has 0 atom stereocenters. The number of hydrogen-bond donors (Lipinski definition) is 1. The minimum atomic E-state index is 0.662. The minimum absolute atomic E-state index is 0.662. The molecule has 0 saturated carbocycles. The maximum absolute atomic E-state index is 5.05. The van der Waals surface area contributed by atoms with Crippen molar-refractivity contribution >= 4 is 5.82 Å². The Kier molecular flexibility index (Phi) is 5.01. The van der Waals surface area contributed by atoms with Crippen LogP contribution in [-0.2, 0) is 17.8 Å². The molecule has 0 saturated heterocycles. The molecule has 0 radical (unpaired) electrons. The highest BCUT2D eigenvalue weighted by atomic mass is 16.5. The molecule has 23 heavy (non-hydrogen) atoms. The van der Waals surface area contributed by atoms with Crippen LogP contribution in [0.4, 0.5) is 5.82 Å². The third-order valence-corrected chi connectivity index (χ3v) is 3.58. The second-order valence-corrected chi connectivity index (χ2v) is 5.25. The van der Waals surface area contributed by atoms with Crippen LogP contribution >= 0.6 is 0 Å². The SMILES string of the molecule is COCCn1ccc(NCc2cccc(-c3ccncc3)c2)n1. The topological polar surface area (TPSA) is 52.0 Å². The number of pyridine rings is 1. The van der Waals surface area contributed by atoms with Gasteiger partial charge in [0, 0.05) is 38.3 Å². The first-order valence-electron chi connectivity index (χ1n) is 7.61. The van der Waals surface area contributed by atoms with Gasteiger partial charge in [0.25, 0.3) is 0 Å². The zero-order valence-corrected chi connectivity index (χ0v) is 13.1. The lowest BCUT2D eigenvalue weighted by Gasteiger charge is -2.07. The van der Waals surface area contributed by atoms with Gasteiger partial charge in [0.1, 0.15) is 5.82 Å². The fourth-order valence-corrected chi connectivity index (χ4v) is 2.36. The molecule has 118 valence electrons. The van der Waals surface area contributed by atoms with Gasteiger partial charge in [-0.1, -0.05) is 18.2 Å². The van der Waals surface area contributed by atoms with Crippen LogP contribution in [-0.4, -0.2) is 28.5 Å². The van der Waals surface area contributed by atoms with Crippen LogP contribution in [0.15, 0.2) is 61.1 Å². The van der Waals surface area contributed by atoms with Crippen molar-refractivity contribution in [1.29, 1.82) is 0 Å². The number of methoxy groups -OCH3 is 1. The van der Waals surface area contributed by atoms with Gasteiger partial charge in [0.05, 0.1) is 13.2 Å². The molecule has 0 aliphatic rings. The molecule has 0 bridgehead atoms. The lowest BCUT2D eigenvalue weighted by atomic mass is 10.0. The standard InChI is InChI=1S/C18H20N4O/c1-23-12-11-22-10-7-18(21-22)20-14-15-3-2-4-17(13-15)16-5-8-19-9-6-16/h2-10,13H,11-12,14H2,1H3,(H,20,21). The molecule has 3 aromatic rings. The molecule has 0 aliphatic heterocycles. The summed E-state index contributed by atoms with van der Waals surface area (Å²) in [7, 11) is 1.69. The number of nitrogens with zero attached hydrogens (tertiary/aromatic N) is 3. The van der Waals surface area contributed by atoms with Crippen LogP contribution in [0.2, 0.25) is 0 Å². The highest BCUT2D eigenvalue weighted by molar-refractivity contribution is 5.63. The molecule has 0 amide bonds. The first-order chi connectivity index (χ1) is 11.3. The maximum atomic E-state index is 5.05. The number of benzene rings is 1. The fraction of sp³-hybridized carbons (Fsp3) is 0.222. The van der Waals surface area contributed by atoms with Crippen LogP contribution in [0.1, 0.15) is 5.56 Å². The van der Waals surface area contributed by atoms with Gasteiger partial charge in [-0.3, -0.25) is 9.67 Å². The molecule has 3 rings (SSSR count). The van der Waals surface area contributed by atoms with Crippen molar-refractivity contribution in [2.75, 3.05) is 19.0 Å². The molecular formula is C18H20N4O. The Morgan fingerprint density at radius 1 is 1.09 bits per heavy atom. The van der Waals surface area contributed by atoms with Gasteiger partial charge >= 0.3 is 0 Å². The third-order valence-electron chi connectivity index (χ3n) is 3.58. The number of anilines is 1. The average Bonchev–Trinajstić information content (AvgIpc) is 3.07. The number of nitrogens with one attached hydrogen (secondary N) is 1. The van der Waals surface area contributed by atoms with E-state index in [4.69, 9.17) is 4.74 Å². The summed E-state index contributed by atoms with van der Waals surface area (Å²) in [4.78, 5) is 4.06. The first kappa shape index (κ1) is 15.2. The van der Waals surface area contributed by atoms with Gasteiger partial charge in [-0.15, -0.1) is 0 Å². The molecule has 2 heterocycles.